The summed E-state index contributed by atoms with van der Waals surface area (Å²) >= 11 is 5.30. The maximum Gasteiger partial charge on any atom is 0.0291 e. The molecule has 0 aliphatic carbocycles. The van der Waals surface area contributed by atoms with Crippen LogP contribution < -0.4 is 5.32 Å². The fourth-order valence-electron chi connectivity index (χ4n) is 1.97. The molecule has 106 valence electrons. The number of hydrogen-bond donors (Lipinski definition) is 1. The highest BCUT2D eigenvalue weighted by atomic mass is 79.9. The minimum atomic E-state index is 0.417. The van der Waals surface area contributed by atoms with Crippen molar-refractivity contribution in [2.45, 2.75) is 36.1 Å². The average Bonchev–Trinajstić information content (AvgIpc) is 2.45. The Morgan fingerprint density at radius 2 is 1.85 bits per heavy atom. The monoisotopic (exact) mass is 349 g/mol. The van der Waals surface area contributed by atoms with Gasteiger partial charge in [-0.3, -0.25) is 0 Å². The van der Waals surface area contributed by atoms with Crippen LogP contribution in [0.25, 0.3) is 0 Å². The van der Waals surface area contributed by atoms with Crippen molar-refractivity contribution in [1.82, 2.24) is 5.32 Å². The van der Waals surface area contributed by atoms with Crippen molar-refractivity contribution in [2.24, 2.45) is 0 Å². The molecule has 1 unspecified atom stereocenters. The fraction of sp³-hybridized carbons (Fsp3) is 0.294. The summed E-state index contributed by atoms with van der Waals surface area (Å²) in [6.07, 6.45) is 1.17. The molecule has 0 amide bonds. The van der Waals surface area contributed by atoms with Crippen LogP contribution in [-0.2, 0) is 0 Å². The van der Waals surface area contributed by atoms with E-state index in [4.69, 9.17) is 0 Å². The third-order valence-electron chi connectivity index (χ3n) is 3.11. The van der Waals surface area contributed by atoms with Crippen LogP contribution in [0.1, 0.15) is 31.9 Å². The molecular weight excluding hydrogens is 330 g/mol. The molecule has 0 aromatic heterocycles. The highest BCUT2D eigenvalue weighted by molar-refractivity contribution is 9.10. The summed E-state index contributed by atoms with van der Waals surface area (Å²) in [6, 6.07) is 17.6. The van der Waals surface area contributed by atoms with Crippen LogP contribution in [0.3, 0.4) is 0 Å². The van der Waals surface area contributed by atoms with E-state index in [-0.39, 0.29) is 0 Å². The van der Waals surface area contributed by atoms with Crippen LogP contribution >= 0.6 is 27.7 Å². The Morgan fingerprint density at radius 1 is 1.10 bits per heavy atom. The Morgan fingerprint density at radius 3 is 2.50 bits per heavy atom. The lowest BCUT2D eigenvalue weighted by Gasteiger charge is -2.14. The fourth-order valence-corrected chi connectivity index (χ4v) is 3.40. The first-order chi connectivity index (χ1) is 9.69. The maximum atomic E-state index is 3.51. The molecule has 2 rings (SSSR count). The Kier molecular flexibility index (Phi) is 6.14. The second-order valence-corrected chi connectivity index (χ2v) is 6.87. The van der Waals surface area contributed by atoms with E-state index < -0.39 is 0 Å². The Labute approximate surface area is 134 Å². The van der Waals surface area contributed by atoms with Crippen LogP contribution in [0.4, 0.5) is 0 Å². The first-order valence-corrected chi connectivity index (χ1v) is 8.56. The minimum Gasteiger partial charge on any atom is -0.310 e. The number of nitrogens with one attached hydrogen (secondary N) is 1. The van der Waals surface area contributed by atoms with Crippen molar-refractivity contribution >= 4 is 27.7 Å². The lowest BCUT2D eigenvalue weighted by molar-refractivity contribution is 0.570. The van der Waals surface area contributed by atoms with Crippen LogP contribution in [-0.4, -0.2) is 6.54 Å². The Hall–Kier alpha value is -0.770. The Balaban J connectivity index is 2.01. The van der Waals surface area contributed by atoms with Gasteiger partial charge in [-0.1, -0.05) is 52.8 Å². The summed E-state index contributed by atoms with van der Waals surface area (Å²) in [5.74, 6) is 0. The summed E-state index contributed by atoms with van der Waals surface area (Å²) in [6.45, 7) is 5.47. The molecule has 3 heteroatoms. The Bertz CT molecular complexity index is 539. The van der Waals surface area contributed by atoms with Crippen LogP contribution in [0.2, 0.25) is 0 Å². The van der Waals surface area contributed by atoms with Crippen molar-refractivity contribution in [3.63, 3.8) is 0 Å². The smallest absolute Gasteiger partial charge is 0.0291 e. The quantitative estimate of drug-likeness (QED) is 0.721. The third kappa shape index (κ3) is 4.65. The molecule has 0 radical (unpaired) electrons. The zero-order chi connectivity index (χ0) is 14.4. The van der Waals surface area contributed by atoms with Gasteiger partial charge in [-0.25, -0.2) is 0 Å². The summed E-state index contributed by atoms with van der Waals surface area (Å²) in [5, 5.41) is 3.51. The zero-order valence-corrected chi connectivity index (χ0v) is 14.3. The van der Waals surface area contributed by atoms with Gasteiger partial charge in [-0.15, -0.1) is 0 Å². The third-order valence-corrected chi connectivity index (χ3v) is 4.60. The van der Waals surface area contributed by atoms with Gasteiger partial charge in [0.15, 0.2) is 0 Å². The first kappa shape index (κ1) is 15.6. The first-order valence-electron chi connectivity index (χ1n) is 6.96. The summed E-state index contributed by atoms with van der Waals surface area (Å²) in [4.78, 5) is 2.53. The number of halogens is 1. The lowest BCUT2D eigenvalue weighted by Crippen LogP contribution is -2.19. The topological polar surface area (TPSA) is 12.0 Å². The second kappa shape index (κ2) is 7.87. The summed E-state index contributed by atoms with van der Waals surface area (Å²) < 4.78 is 1.12. The molecule has 1 atom stereocenters. The molecule has 0 fully saturated rings. The van der Waals surface area contributed by atoms with Crippen molar-refractivity contribution in [3.05, 3.63) is 58.6 Å². The van der Waals surface area contributed by atoms with E-state index in [9.17, 15) is 0 Å². The maximum absolute atomic E-state index is 3.51. The largest absolute Gasteiger partial charge is 0.310 e. The van der Waals surface area contributed by atoms with E-state index in [1.54, 1.807) is 11.8 Å². The molecule has 0 saturated heterocycles. The second-order valence-electron chi connectivity index (χ2n) is 4.80. The molecule has 2 aromatic rings. The standard InChI is InChI=1S/C17H20BrNS/c1-3-11-19-13(2)14-7-9-16(10-8-14)20-17-6-4-5-15(18)12-17/h4-10,12-13,19H,3,11H2,1-2H3. The van der Waals surface area contributed by atoms with E-state index in [1.165, 1.54) is 21.8 Å². The molecule has 0 aliphatic rings. The normalized spacial score (nSPS) is 12.3. The van der Waals surface area contributed by atoms with E-state index in [0.29, 0.717) is 6.04 Å². The molecular formula is C17H20BrNS. The molecule has 2 aromatic carbocycles. The van der Waals surface area contributed by atoms with Crippen molar-refractivity contribution < 1.29 is 0 Å². The van der Waals surface area contributed by atoms with Gasteiger partial charge in [0.2, 0.25) is 0 Å². The van der Waals surface area contributed by atoms with Gasteiger partial charge in [0.25, 0.3) is 0 Å². The summed E-state index contributed by atoms with van der Waals surface area (Å²) in [5.41, 5.74) is 1.34. The van der Waals surface area contributed by atoms with Crippen molar-refractivity contribution in [1.29, 1.82) is 0 Å². The van der Waals surface area contributed by atoms with Gasteiger partial charge >= 0.3 is 0 Å². The van der Waals surface area contributed by atoms with E-state index in [2.05, 4.69) is 77.6 Å². The zero-order valence-electron chi connectivity index (χ0n) is 11.9. The van der Waals surface area contributed by atoms with Crippen molar-refractivity contribution in [3.8, 4) is 0 Å². The molecule has 1 nitrogen and oxygen atoms in total. The highest BCUT2D eigenvalue weighted by Gasteiger charge is 2.04. The molecule has 0 heterocycles. The highest BCUT2D eigenvalue weighted by Crippen LogP contribution is 2.30. The van der Waals surface area contributed by atoms with E-state index >= 15 is 0 Å². The molecule has 0 saturated carbocycles. The van der Waals surface area contributed by atoms with Gasteiger partial charge in [0.1, 0.15) is 0 Å². The molecule has 1 N–H and O–H groups in total. The molecule has 0 bridgehead atoms. The summed E-state index contributed by atoms with van der Waals surface area (Å²) in [7, 11) is 0. The molecule has 20 heavy (non-hydrogen) atoms. The van der Waals surface area contributed by atoms with E-state index in [1.807, 2.05) is 6.07 Å². The predicted molar refractivity (Wildman–Crippen MR) is 91.4 cm³/mol. The van der Waals surface area contributed by atoms with Gasteiger partial charge in [0.05, 0.1) is 0 Å². The number of rotatable bonds is 6. The van der Waals surface area contributed by atoms with Crippen molar-refractivity contribution in [2.75, 3.05) is 6.54 Å². The van der Waals surface area contributed by atoms with Crippen LogP contribution in [0.15, 0.2) is 62.8 Å². The van der Waals surface area contributed by atoms with Crippen LogP contribution in [0.5, 0.6) is 0 Å². The van der Waals surface area contributed by atoms with Gasteiger partial charge in [-0.2, -0.15) is 0 Å². The van der Waals surface area contributed by atoms with Crippen LogP contribution in [0, 0.1) is 0 Å². The number of hydrogen-bond acceptors (Lipinski definition) is 2. The molecule has 0 spiro atoms. The van der Waals surface area contributed by atoms with Gasteiger partial charge < -0.3 is 5.32 Å². The predicted octanol–water partition coefficient (Wildman–Crippen LogP) is 5.66. The molecule has 0 aliphatic heterocycles. The van der Waals surface area contributed by atoms with Gasteiger partial charge in [-0.05, 0) is 55.8 Å². The minimum absolute atomic E-state index is 0.417. The number of benzene rings is 2. The average molecular weight is 350 g/mol. The van der Waals surface area contributed by atoms with E-state index in [0.717, 1.165) is 11.0 Å². The van der Waals surface area contributed by atoms with Gasteiger partial charge in [0, 0.05) is 20.3 Å². The lowest BCUT2D eigenvalue weighted by atomic mass is 10.1. The SMILES string of the molecule is CCCNC(C)c1ccc(Sc2cccc(Br)c2)cc1.